The van der Waals surface area contributed by atoms with Crippen molar-refractivity contribution < 1.29 is 24.0 Å². The van der Waals surface area contributed by atoms with E-state index in [1.807, 2.05) is 26.0 Å². The summed E-state index contributed by atoms with van der Waals surface area (Å²) in [6.07, 6.45) is 0. The number of ketones is 1. The van der Waals surface area contributed by atoms with E-state index < -0.39 is 17.5 Å². The van der Waals surface area contributed by atoms with Gasteiger partial charge in [0, 0.05) is 11.6 Å². The summed E-state index contributed by atoms with van der Waals surface area (Å²) < 4.78 is 9.85. The quantitative estimate of drug-likeness (QED) is 0.324. The summed E-state index contributed by atoms with van der Waals surface area (Å²) in [5, 5.41) is 11.0. The molecule has 26 heavy (non-hydrogen) atoms. The van der Waals surface area contributed by atoms with Gasteiger partial charge in [0.15, 0.2) is 18.1 Å². The van der Waals surface area contributed by atoms with E-state index >= 15 is 0 Å². The molecular weight excluding hydrogens is 338 g/mol. The molecule has 0 radical (unpaired) electrons. The van der Waals surface area contributed by atoms with Crippen LogP contribution in [0.4, 0.5) is 5.69 Å². The number of nitro benzene ring substituents is 1. The monoisotopic (exact) mass is 357 g/mol. The maximum atomic E-state index is 12.1. The standard InChI is InChI=1S/C19H19NO6/c1-12(2)13-4-6-14(7-5-13)17(21)11-26-19(22)15-8-9-18(25-3)16(10-15)20(23)24/h4-10,12H,11H2,1-3H3. The first-order chi connectivity index (χ1) is 12.3. The number of ether oxygens (including phenoxy) is 2. The van der Waals surface area contributed by atoms with Crippen LogP contribution in [0.5, 0.6) is 5.75 Å². The predicted molar refractivity (Wildman–Crippen MR) is 94.8 cm³/mol. The van der Waals surface area contributed by atoms with E-state index in [2.05, 4.69) is 0 Å². The number of benzene rings is 2. The highest BCUT2D eigenvalue weighted by atomic mass is 16.6. The zero-order valence-electron chi connectivity index (χ0n) is 14.7. The first kappa shape index (κ1) is 19.1. The van der Waals surface area contributed by atoms with Gasteiger partial charge in [0.25, 0.3) is 0 Å². The summed E-state index contributed by atoms with van der Waals surface area (Å²) in [5.74, 6) is -0.782. The van der Waals surface area contributed by atoms with Crippen LogP contribution in [-0.4, -0.2) is 30.4 Å². The summed E-state index contributed by atoms with van der Waals surface area (Å²) >= 11 is 0. The number of carbonyl (C=O) groups excluding carboxylic acids is 2. The minimum absolute atomic E-state index is 0.0274. The van der Waals surface area contributed by atoms with Gasteiger partial charge in [-0.2, -0.15) is 0 Å². The first-order valence-corrected chi connectivity index (χ1v) is 7.96. The van der Waals surface area contributed by atoms with Crippen molar-refractivity contribution in [1.29, 1.82) is 0 Å². The maximum Gasteiger partial charge on any atom is 0.338 e. The van der Waals surface area contributed by atoms with Crippen molar-refractivity contribution in [3.8, 4) is 5.75 Å². The molecule has 0 bridgehead atoms. The van der Waals surface area contributed by atoms with Gasteiger partial charge < -0.3 is 9.47 Å². The molecule has 0 saturated heterocycles. The van der Waals surface area contributed by atoms with Gasteiger partial charge in [-0.15, -0.1) is 0 Å². The molecule has 7 nitrogen and oxygen atoms in total. The lowest BCUT2D eigenvalue weighted by atomic mass is 10.0. The molecular formula is C19H19NO6. The maximum absolute atomic E-state index is 12.1. The minimum Gasteiger partial charge on any atom is -0.490 e. The number of hydrogen-bond donors (Lipinski definition) is 0. The van der Waals surface area contributed by atoms with E-state index in [0.717, 1.165) is 11.6 Å². The third-order valence-electron chi connectivity index (χ3n) is 3.84. The Hall–Kier alpha value is -3.22. The third kappa shape index (κ3) is 4.44. The van der Waals surface area contributed by atoms with E-state index in [-0.39, 0.29) is 22.8 Å². The highest BCUT2D eigenvalue weighted by Gasteiger charge is 2.19. The molecule has 0 aromatic heterocycles. The van der Waals surface area contributed by atoms with Gasteiger partial charge in [-0.05, 0) is 23.6 Å². The fraction of sp³-hybridized carbons (Fsp3) is 0.263. The lowest BCUT2D eigenvalue weighted by Crippen LogP contribution is -2.14. The van der Waals surface area contributed by atoms with E-state index in [1.165, 1.54) is 19.2 Å². The Kier molecular flexibility index (Phi) is 6.06. The van der Waals surface area contributed by atoms with Crippen LogP contribution in [0.25, 0.3) is 0 Å². The molecule has 0 atom stereocenters. The average molecular weight is 357 g/mol. The van der Waals surface area contributed by atoms with Crippen molar-refractivity contribution in [3.63, 3.8) is 0 Å². The van der Waals surface area contributed by atoms with Crippen LogP contribution >= 0.6 is 0 Å². The van der Waals surface area contributed by atoms with E-state index in [0.29, 0.717) is 11.5 Å². The van der Waals surface area contributed by atoms with Gasteiger partial charge in [0.05, 0.1) is 17.6 Å². The highest BCUT2D eigenvalue weighted by molar-refractivity contribution is 5.99. The summed E-state index contributed by atoms with van der Waals surface area (Å²) in [7, 11) is 1.30. The zero-order chi connectivity index (χ0) is 19.3. The van der Waals surface area contributed by atoms with Gasteiger partial charge in [0.1, 0.15) is 0 Å². The number of nitro groups is 1. The molecule has 0 aliphatic rings. The first-order valence-electron chi connectivity index (χ1n) is 7.96. The number of hydrogen-bond acceptors (Lipinski definition) is 6. The predicted octanol–water partition coefficient (Wildman–Crippen LogP) is 3.77. The number of Topliss-reactive ketones (excluding diaryl/α,β-unsaturated/α-hetero) is 1. The van der Waals surface area contributed by atoms with Crippen LogP contribution in [0.1, 0.15) is 46.0 Å². The van der Waals surface area contributed by atoms with Crippen molar-refractivity contribution in [3.05, 3.63) is 69.3 Å². The smallest absolute Gasteiger partial charge is 0.338 e. The Bertz CT molecular complexity index is 826. The van der Waals surface area contributed by atoms with Crippen LogP contribution in [-0.2, 0) is 4.74 Å². The van der Waals surface area contributed by atoms with Crippen LogP contribution in [0.2, 0.25) is 0 Å². The Morgan fingerprint density at radius 1 is 1.08 bits per heavy atom. The molecule has 0 saturated carbocycles. The number of nitrogens with zero attached hydrogens (tertiary/aromatic N) is 1. The summed E-state index contributed by atoms with van der Waals surface area (Å²) in [6.45, 7) is 3.65. The summed E-state index contributed by atoms with van der Waals surface area (Å²) in [5.41, 5.74) is 1.16. The molecule has 7 heteroatoms. The molecule has 136 valence electrons. The van der Waals surface area contributed by atoms with Gasteiger partial charge >= 0.3 is 11.7 Å². The van der Waals surface area contributed by atoms with E-state index in [1.54, 1.807) is 12.1 Å². The largest absolute Gasteiger partial charge is 0.490 e. The summed E-state index contributed by atoms with van der Waals surface area (Å²) in [6, 6.07) is 10.8. The van der Waals surface area contributed by atoms with Crippen LogP contribution in [0.3, 0.4) is 0 Å². The molecule has 0 aliphatic carbocycles. The van der Waals surface area contributed by atoms with E-state index in [4.69, 9.17) is 9.47 Å². The molecule has 2 aromatic carbocycles. The number of esters is 1. The van der Waals surface area contributed by atoms with Crippen molar-refractivity contribution in [2.24, 2.45) is 0 Å². The lowest BCUT2D eigenvalue weighted by molar-refractivity contribution is -0.385. The fourth-order valence-corrected chi connectivity index (χ4v) is 2.31. The average Bonchev–Trinajstić information content (AvgIpc) is 2.65. The van der Waals surface area contributed by atoms with Gasteiger partial charge in [0.2, 0.25) is 0 Å². The lowest BCUT2D eigenvalue weighted by Gasteiger charge is -2.08. The topological polar surface area (TPSA) is 95.7 Å². The highest BCUT2D eigenvalue weighted by Crippen LogP contribution is 2.27. The molecule has 0 N–H and O–H groups in total. The molecule has 2 aromatic rings. The van der Waals surface area contributed by atoms with Gasteiger partial charge in [-0.3, -0.25) is 14.9 Å². The van der Waals surface area contributed by atoms with Crippen molar-refractivity contribution in [1.82, 2.24) is 0 Å². The number of rotatable bonds is 7. The van der Waals surface area contributed by atoms with E-state index in [9.17, 15) is 19.7 Å². The molecule has 0 aliphatic heterocycles. The second-order valence-corrected chi connectivity index (χ2v) is 5.92. The summed E-state index contributed by atoms with van der Waals surface area (Å²) in [4.78, 5) is 34.5. The number of methoxy groups -OCH3 is 1. The van der Waals surface area contributed by atoms with Crippen molar-refractivity contribution in [2.75, 3.05) is 13.7 Å². The van der Waals surface area contributed by atoms with Crippen molar-refractivity contribution >= 4 is 17.4 Å². The van der Waals surface area contributed by atoms with Crippen LogP contribution < -0.4 is 4.74 Å². The molecule has 0 heterocycles. The number of carbonyl (C=O) groups is 2. The SMILES string of the molecule is COc1ccc(C(=O)OCC(=O)c2ccc(C(C)C)cc2)cc1[N+](=O)[O-]. The minimum atomic E-state index is -0.817. The molecule has 2 rings (SSSR count). The molecule has 0 spiro atoms. The normalized spacial score (nSPS) is 10.5. The Morgan fingerprint density at radius 3 is 2.23 bits per heavy atom. The Balaban J connectivity index is 2.05. The fourth-order valence-electron chi connectivity index (χ4n) is 2.31. The molecule has 0 unspecified atom stereocenters. The second kappa shape index (κ2) is 8.24. The van der Waals surface area contributed by atoms with Crippen LogP contribution in [0, 0.1) is 10.1 Å². The zero-order valence-corrected chi connectivity index (χ0v) is 14.7. The Morgan fingerprint density at radius 2 is 1.69 bits per heavy atom. The third-order valence-corrected chi connectivity index (χ3v) is 3.84. The molecule has 0 amide bonds. The van der Waals surface area contributed by atoms with Crippen molar-refractivity contribution in [2.45, 2.75) is 19.8 Å². The van der Waals surface area contributed by atoms with Gasteiger partial charge in [-0.1, -0.05) is 38.1 Å². The van der Waals surface area contributed by atoms with Crippen LogP contribution in [0.15, 0.2) is 42.5 Å². The molecule has 0 fully saturated rings. The second-order valence-electron chi connectivity index (χ2n) is 5.92. The Labute approximate surface area is 150 Å². The van der Waals surface area contributed by atoms with Gasteiger partial charge in [-0.25, -0.2) is 4.79 Å².